The van der Waals surface area contributed by atoms with Crippen LogP contribution in [0.1, 0.15) is 23.9 Å². The number of anilines is 2. The van der Waals surface area contributed by atoms with E-state index in [0.29, 0.717) is 0 Å². The predicted molar refractivity (Wildman–Crippen MR) is 118 cm³/mol. The number of hydrogen-bond donors (Lipinski definition) is 0. The lowest BCUT2D eigenvalue weighted by Crippen LogP contribution is -2.47. The number of hydrogen-bond acceptors (Lipinski definition) is 5. The van der Waals surface area contributed by atoms with Crippen LogP contribution in [0.4, 0.5) is 11.5 Å². The van der Waals surface area contributed by atoms with Crippen molar-refractivity contribution in [2.45, 2.75) is 27.2 Å². The Bertz CT molecular complexity index is 1190. The van der Waals surface area contributed by atoms with E-state index < -0.39 is 0 Å². The van der Waals surface area contributed by atoms with Crippen LogP contribution in [0.15, 0.2) is 42.5 Å². The van der Waals surface area contributed by atoms with E-state index in [1.165, 1.54) is 16.8 Å². The van der Waals surface area contributed by atoms with Crippen LogP contribution in [0.25, 0.3) is 16.7 Å². The van der Waals surface area contributed by atoms with E-state index in [1.54, 1.807) is 0 Å². The first-order valence-corrected chi connectivity index (χ1v) is 10.4. The van der Waals surface area contributed by atoms with Crippen molar-refractivity contribution in [3.05, 3.63) is 59.4 Å². The highest BCUT2D eigenvalue weighted by molar-refractivity contribution is 5.83. The van der Waals surface area contributed by atoms with Gasteiger partial charge in [0.05, 0.1) is 11.0 Å². The lowest BCUT2D eigenvalue weighted by molar-refractivity contribution is 0.647. The summed E-state index contributed by atoms with van der Waals surface area (Å²) in [5.74, 6) is 1.92. The third kappa shape index (κ3) is 2.90. The van der Waals surface area contributed by atoms with Crippen molar-refractivity contribution in [3.8, 4) is 0 Å². The molecule has 2 aromatic heterocycles. The van der Waals surface area contributed by atoms with E-state index in [4.69, 9.17) is 4.98 Å². The molecule has 0 spiro atoms. The number of aryl methyl sites for hydroxylation is 2. The summed E-state index contributed by atoms with van der Waals surface area (Å²) in [5.41, 5.74) is 6.98. The Morgan fingerprint density at radius 2 is 1.62 bits per heavy atom. The zero-order valence-electron chi connectivity index (χ0n) is 17.3. The second-order valence-corrected chi connectivity index (χ2v) is 7.75. The van der Waals surface area contributed by atoms with Crippen molar-refractivity contribution in [2.75, 3.05) is 36.0 Å². The molecule has 5 rings (SSSR count). The summed E-state index contributed by atoms with van der Waals surface area (Å²) in [4.78, 5) is 9.83. The van der Waals surface area contributed by atoms with Crippen molar-refractivity contribution in [2.24, 2.45) is 0 Å². The number of para-hydroxylation sites is 2. The van der Waals surface area contributed by atoms with Crippen LogP contribution in [0.3, 0.4) is 0 Å². The fourth-order valence-electron chi connectivity index (χ4n) is 4.30. The van der Waals surface area contributed by atoms with Gasteiger partial charge in [0.2, 0.25) is 5.65 Å². The minimum Gasteiger partial charge on any atom is -0.368 e. The number of rotatable bonds is 3. The molecule has 1 fully saturated rings. The van der Waals surface area contributed by atoms with E-state index in [1.807, 2.05) is 12.1 Å². The Morgan fingerprint density at radius 1 is 0.862 bits per heavy atom. The van der Waals surface area contributed by atoms with Gasteiger partial charge >= 0.3 is 0 Å². The van der Waals surface area contributed by atoms with Gasteiger partial charge in [-0.2, -0.15) is 0 Å². The van der Waals surface area contributed by atoms with Crippen molar-refractivity contribution >= 4 is 28.2 Å². The van der Waals surface area contributed by atoms with Gasteiger partial charge in [-0.25, -0.2) is 4.98 Å². The van der Waals surface area contributed by atoms with Crippen molar-refractivity contribution in [1.29, 1.82) is 0 Å². The molecule has 0 N–H and O–H groups in total. The highest BCUT2D eigenvalue weighted by Gasteiger charge is 2.24. The Hall–Kier alpha value is -3.15. The summed E-state index contributed by atoms with van der Waals surface area (Å²) < 4.78 is 2.18. The summed E-state index contributed by atoms with van der Waals surface area (Å²) in [7, 11) is 0. The zero-order valence-corrected chi connectivity index (χ0v) is 17.3. The van der Waals surface area contributed by atoms with E-state index in [9.17, 15) is 0 Å². The fourth-order valence-corrected chi connectivity index (χ4v) is 4.30. The molecule has 4 aromatic rings. The Labute approximate surface area is 170 Å². The maximum absolute atomic E-state index is 4.99. The predicted octanol–water partition coefficient (Wildman–Crippen LogP) is 3.78. The first kappa shape index (κ1) is 17.9. The molecule has 6 heteroatoms. The van der Waals surface area contributed by atoms with Crippen molar-refractivity contribution < 1.29 is 0 Å². The van der Waals surface area contributed by atoms with Gasteiger partial charge in [0.15, 0.2) is 5.82 Å². The SMILES string of the molecule is CCc1nnc2c(N3CCN(c4cccc(C)c4C)CC3)nc3ccccc3n12. The Kier molecular flexibility index (Phi) is 4.34. The third-order valence-electron chi connectivity index (χ3n) is 6.09. The lowest BCUT2D eigenvalue weighted by atomic mass is 10.1. The zero-order chi connectivity index (χ0) is 20.0. The van der Waals surface area contributed by atoms with Crippen LogP contribution >= 0.6 is 0 Å². The molecule has 1 saturated heterocycles. The Balaban J connectivity index is 1.50. The smallest absolute Gasteiger partial charge is 0.204 e. The molecule has 0 saturated carbocycles. The van der Waals surface area contributed by atoms with E-state index in [-0.39, 0.29) is 0 Å². The summed E-state index contributed by atoms with van der Waals surface area (Å²) in [5, 5.41) is 8.95. The van der Waals surface area contributed by atoms with Gasteiger partial charge in [0.25, 0.3) is 0 Å². The molecule has 0 amide bonds. The van der Waals surface area contributed by atoms with Gasteiger partial charge in [-0.15, -0.1) is 10.2 Å². The number of piperazine rings is 1. The van der Waals surface area contributed by atoms with Crippen LogP contribution in [-0.2, 0) is 6.42 Å². The molecule has 2 aromatic carbocycles. The molecule has 148 valence electrons. The lowest BCUT2D eigenvalue weighted by Gasteiger charge is -2.37. The van der Waals surface area contributed by atoms with Gasteiger partial charge in [0, 0.05) is 38.3 Å². The van der Waals surface area contributed by atoms with E-state index in [2.05, 4.69) is 75.5 Å². The third-order valence-corrected chi connectivity index (χ3v) is 6.09. The number of benzene rings is 2. The molecule has 29 heavy (non-hydrogen) atoms. The van der Waals surface area contributed by atoms with Crippen LogP contribution in [-0.4, -0.2) is 45.8 Å². The second-order valence-electron chi connectivity index (χ2n) is 7.75. The minimum absolute atomic E-state index is 0.842. The van der Waals surface area contributed by atoms with Crippen LogP contribution < -0.4 is 9.80 Å². The first-order chi connectivity index (χ1) is 14.2. The molecule has 0 aliphatic carbocycles. The topological polar surface area (TPSA) is 49.6 Å². The Morgan fingerprint density at radius 3 is 2.41 bits per heavy atom. The van der Waals surface area contributed by atoms with Gasteiger partial charge in [-0.3, -0.25) is 4.40 Å². The van der Waals surface area contributed by atoms with Gasteiger partial charge in [-0.05, 0) is 43.2 Å². The van der Waals surface area contributed by atoms with Crippen LogP contribution in [0, 0.1) is 13.8 Å². The monoisotopic (exact) mass is 386 g/mol. The summed E-state index contributed by atoms with van der Waals surface area (Å²) in [6.07, 6.45) is 0.842. The summed E-state index contributed by atoms with van der Waals surface area (Å²) in [6, 6.07) is 14.8. The molecule has 1 aliphatic rings. The number of fused-ring (bicyclic) bond motifs is 3. The van der Waals surface area contributed by atoms with Gasteiger partial charge in [0.1, 0.15) is 5.82 Å². The molecule has 1 aliphatic heterocycles. The first-order valence-electron chi connectivity index (χ1n) is 10.4. The largest absolute Gasteiger partial charge is 0.368 e. The highest BCUT2D eigenvalue weighted by Crippen LogP contribution is 2.28. The molecule has 0 bridgehead atoms. The fraction of sp³-hybridized carbons (Fsp3) is 0.348. The summed E-state index contributed by atoms with van der Waals surface area (Å²) >= 11 is 0. The average molecular weight is 387 g/mol. The quantitative estimate of drug-likeness (QED) is 0.536. The maximum Gasteiger partial charge on any atom is 0.204 e. The summed E-state index contributed by atoms with van der Waals surface area (Å²) in [6.45, 7) is 10.3. The van der Waals surface area contributed by atoms with Crippen molar-refractivity contribution in [3.63, 3.8) is 0 Å². The van der Waals surface area contributed by atoms with Crippen molar-refractivity contribution in [1.82, 2.24) is 19.6 Å². The molecular weight excluding hydrogens is 360 g/mol. The van der Waals surface area contributed by atoms with Gasteiger partial charge < -0.3 is 9.80 Å². The number of aromatic nitrogens is 4. The average Bonchev–Trinajstić information content (AvgIpc) is 3.20. The van der Waals surface area contributed by atoms with Crippen LogP contribution in [0.5, 0.6) is 0 Å². The molecule has 0 unspecified atom stereocenters. The normalized spacial score (nSPS) is 14.9. The standard InChI is InChI=1S/C23H26N6/c1-4-21-25-26-23-22(24-18-9-5-6-10-20(18)29(21)23)28-14-12-27(13-15-28)19-11-7-8-16(2)17(19)3/h5-11H,4,12-15H2,1-3H3. The molecule has 3 heterocycles. The molecule has 0 atom stereocenters. The van der Waals surface area contributed by atoms with Gasteiger partial charge in [-0.1, -0.05) is 31.2 Å². The minimum atomic E-state index is 0.842. The van der Waals surface area contributed by atoms with E-state index in [0.717, 1.165) is 60.9 Å². The second kappa shape index (κ2) is 7.03. The van der Waals surface area contributed by atoms with Crippen LogP contribution in [0.2, 0.25) is 0 Å². The van der Waals surface area contributed by atoms with E-state index >= 15 is 0 Å². The molecular formula is C23H26N6. The maximum atomic E-state index is 4.99. The highest BCUT2D eigenvalue weighted by atomic mass is 15.3. The molecule has 6 nitrogen and oxygen atoms in total. The molecule has 0 radical (unpaired) electrons. The number of nitrogens with zero attached hydrogens (tertiary/aromatic N) is 6.